The Morgan fingerprint density at radius 1 is 1.22 bits per heavy atom. The second-order valence-electron chi connectivity index (χ2n) is 6.09. The number of thiazole rings is 1. The summed E-state index contributed by atoms with van der Waals surface area (Å²) >= 11 is 1.50. The first kappa shape index (κ1) is 17.2. The molecule has 7 heteroatoms. The monoisotopic (exact) mass is 379 g/mol. The summed E-state index contributed by atoms with van der Waals surface area (Å²) in [5, 5.41) is 4.79. The Labute approximate surface area is 160 Å². The third kappa shape index (κ3) is 3.83. The van der Waals surface area contributed by atoms with Crippen LogP contribution in [-0.2, 0) is 16.1 Å². The van der Waals surface area contributed by atoms with E-state index in [1.807, 2.05) is 53.9 Å². The van der Waals surface area contributed by atoms with Gasteiger partial charge in [-0.05, 0) is 23.8 Å². The molecule has 1 aliphatic rings. The number of hydrogen-bond donors (Lipinski definition) is 1. The van der Waals surface area contributed by atoms with Gasteiger partial charge in [-0.2, -0.15) is 0 Å². The van der Waals surface area contributed by atoms with Crippen molar-refractivity contribution in [1.29, 1.82) is 0 Å². The second-order valence-corrected chi connectivity index (χ2v) is 6.81. The van der Waals surface area contributed by atoms with Crippen molar-refractivity contribution in [1.82, 2.24) is 10.3 Å². The van der Waals surface area contributed by atoms with Gasteiger partial charge in [-0.25, -0.2) is 4.98 Å². The molecule has 2 heterocycles. The molecule has 4 rings (SSSR count). The van der Waals surface area contributed by atoms with Crippen molar-refractivity contribution < 1.29 is 14.3 Å². The lowest BCUT2D eigenvalue weighted by Crippen LogP contribution is -2.45. The van der Waals surface area contributed by atoms with Gasteiger partial charge < -0.3 is 10.1 Å². The van der Waals surface area contributed by atoms with Gasteiger partial charge in [0.15, 0.2) is 6.61 Å². The van der Waals surface area contributed by atoms with Gasteiger partial charge in [-0.15, -0.1) is 11.3 Å². The van der Waals surface area contributed by atoms with Gasteiger partial charge in [0.2, 0.25) is 5.91 Å². The first-order valence-electron chi connectivity index (χ1n) is 8.47. The highest BCUT2D eigenvalue weighted by Gasteiger charge is 2.27. The molecule has 0 saturated carbocycles. The minimum absolute atomic E-state index is 0.0530. The van der Waals surface area contributed by atoms with E-state index in [4.69, 9.17) is 4.74 Å². The summed E-state index contributed by atoms with van der Waals surface area (Å²) < 4.78 is 5.51. The zero-order valence-electron chi connectivity index (χ0n) is 14.4. The Morgan fingerprint density at radius 3 is 2.85 bits per heavy atom. The number of nitrogens with zero attached hydrogens (tertiary/aromatic N) is 2. The highest BCUT2D eigenvalue weighted by molar-refractivity contribution is 7.07. The number of fused-ring (bicyclic) bond motifs is 1. The maximum atomic E-state index is 12.4. The fraction of sp³-hybridized carbons (Fsp3) is 0.150. The van der Waals surface area contributed by atoms with Crippen LogP contribution >= 0.6 is 11.3 Å². The topological polar surface area (TPSA) is 71.5 Å². The summed E-state index contributed by atoms with van der Waals surface area (Å²) in [6.45, 7) is 0.293. The first-order chi connectivity index (χ1) is 13.2. The fourth-order valence-electron chi connectivity index (χ4n) is 2.89. The van der Waals surface area contributed by atoms with E-state index < -0.39 is 0 Å². The van der Waals surface area contributed by atoms with Crippen molar-refractivity contribution >= 4 is 28.8 Å². The van der Waals surface area contributed by atoms with Crippen molar-refractivity contribution in [2.75, 3.05) is 18.1 Å². The number of carbonyl (C=O) groups excluding carboxylic acids is 2. The van der Waals surface area contributed by atoms with Crippen LogP contribution in [0.5, 0.6) is 5.75 Å². The quantitative estimate of drug-likeness (QED) is 0.740. The number of ether oxygens (including phenoxy) is 1. The maximum absolute atomic E-state index is 12.4. The average Bonchev–Trinajstić information content (AvgIpc) is 3.24. The molecule has 6 nitrogen and oxygen atoms in total. The van der Waals surface area contributed by atoms with Crippen molar-refractivity contribution in [2.24, 2.45) is 0 Å². The molecule has 27 heavy (non-hydrogen) atoms. The van der Waals surface area contributed by atoms with Crippen molar-refractivity contribution in [3.63, 3.8) is 0 Å². The molecular weight excluding hydrogens is 362 g/mol. The minimum Gasteiger partial charge on any atom is -0.482 e. The lowest BCUT2D eigenvalue weighted by Gasteiger charge is -2.29. The predicted molar refractivity (Wildman–Crippen MR) is 104 cm³/mol. The van der Waals surface area contributed by atoms with Crippen LogP contribution in [0.4, 0.5) is 5.69 Å². The van der Waals surface area contributed by atoms with Crippen LogP contribution in [0.3, 0.4) is 0 Å². The smallest absolute Gasteiger partial charge is 0.265 e. The third-order valence-electron chi connectivity index (χ3n) is 4.26. The van der Waals surface area contributed by atoms with Crippen molar-refractivity contribution in [3.8, 4) is 17.0 Å². The molecule has 3 aromatic rings. The summed E-state index contributed by atoms with van der Waals surface area (Å²) in [6, 6.07) is 15.2. The Morgan fingerprint density at radius 2 is 2.07 bits per heavy atom. The fourth-order valence-corrected chi connectivity index (χ4v) is 3.45. The molecule has 0 fully saturated rings. The molecule has 136 valence electrons. The van der Waals surface area contributed by atoms with E-state index >= 15 is 0 Å². The van der Waals surface area contributed by atoms with Gasteiger partial charge in [0.25, 0.3) is 5.91 Å². The first-order valence-corrected chi connectivity index (χ1v) is 9.41. The van der Waals surface area contributed by atoms with Crippen LogP contribution in [0.1, 0.15) is 5.56 Å². The summed E-state index contributed by atoms with van der Waals surface area (Å²) in [4.78, 5) is 30.5. The SMILES string of the molecule is O=C(CN1C(=O)COc2ccc(-c3cscn3)cc21)NCc1ccccc1. The minimum atomic E-state index is -0.243. The molecule has 2 aromatic carbocycles. The second kappa shape index (κ2) is 7.59. The lowest BCUT2D eigenvalue weighted by molar-refractivity contribution is -0.125. The van der Waals surface area contributed by atoms with E-state index in [-0.39, 0.29) is 25.0 Å². The van der Waals surface area contributed by atoms with Gasteiger partial charge in [-0.1, -0.05) is 30.3 Å². The zero-order chi connectivity index (χ0) is 18.6. The van der Waals surface area contributed by atoms with E-state index in [0.717, 1.165) is 16.8 Å². The van der Waals surface area contributed by atoms with E-state index in [9.17, 15) is 9.59 Å². The number of aromatic nitrogens is 1. The number of nitrogens with one attached hydrogen (secondary N) is 1. The average molecular weight is 379 g/mol. The molecular formula is C20H17N3O3S. The van der Waals surface area contributed by atoms with Gasteiger partial charge in [0.1, 0.15) is 12.3 Å². The van der Waals surface area contributed by atoms with Crippen LogP contribution in [0.2, 0.25) is 0 Å². The number of carbonyl (C=O) groups is 2. The van der Waals surface area contributed by atoms with Gasteiger partial charge in [0, 0.05) is 17.5 Å². The predicted octanol–water partition coefficient (Wildman–Crippen LogP) is 2.85. The normalized spacial score (nSPS) is 13.0. The number of amides is 2. The highest BCUT2D eigenvalue weighted by Crippen LogP contribution is 2.35. The van der Waals surface area contributed by atoms with Gasteiger partial charge in [0.05, 0.1) is 16.9 Å². The molecule has 0 spiro atoms. The number of anilines is 1. The Balaban J connectivity index is 1.52. The number of benzene rings is 2. The molecule has 0 unspecified atom stereocenters. The van der Waals surface area contributed by atoms with Crippen LogP contribution in [0.25, 0.3) is 11.3 Å². The lowest BCUT2D eigenvalue weighted by atomic mass is 10.1. The molecule has 1 aliphatic heterocycles. The van der Waals surface area contributed by atoms with E-state index in [1.54, 1.807) is 5.51 Å². The van der Waals surface area contributed by atoms with E-state index in [0.29, 0.717) is 18.0 Å². The number of hydrogen-bond acceptors (Lipinski definition) is 5. The van der Waals surface area contributed by atoms with Crippen LogP contribution in [0.15, 0.2) is 59.4 Å². The van der Waals surface area contributed by atoms with Crippen LogP contribution < -0.4 is 15.0 Å². The van der Waals surface area contributed by atoms with Crippen molar-refractivity contribution in [3.05, 3.63) is 65.0 Å². The van der Waals surface area contributed by atoms with E-state index in [1.165, 1.54) is 16.2 Å². The Bertz CT molecular complexity index is 958. The molecule has 1 N–H and O–H groups in total. The zero-order valence-corrected chi connectivity index (χ0v) is 15.2. The summed E-state index contributed by atoms with van der Waals surface area (Å²) in [5.74, 6) is 0.122. The Kier molecular flexibility index (Phi) is 4.84. The molecule has 1 aromatic heterocycles. The summed E-state index contributed by atoms with van der Waals surface area (Å²) in [7, 11) is 0. The molecule has 2 amide bonds. The molecule has 0 aliphatic carbocycles. The maximum Gasteiger partial charge on any atom is 0.265 e. The summed E-state index contributed by atoms with van der Waals surface area (Å²) in [6.07, 6.45) is 0. The highest BCUT2D eigenvalue weighted by atomic mass is 32.1. The molecule has 0 atom stereocenters. The van der Waals surface area contributed by atoms with Gasteiger partial charge >= 0.3 is 0 Å². The van der Waals surface area contributed by atoms with E-state index in [2.05, 4.69) is 10.3 Å². The largest absolute Gasteiger partial charge is 0.482 e. The van der Waals surface area contributed by atoms with Crippen LogP contribution in [-0.4, -0.2) is 29.9 Å². The standard InChI is InChI=1S/C20H17N3O3S/c24-19(21-9-14-4-2-1-3-5-14)10-23-17-8-15(16-12-27-13-22-16)6-7-18(17)26-11-20(23)25/h1-8,12-13H,9-11H2,(H,21,24). The summed E-state index contributed by atoms with van der Waals surface area (Å²) in [5.41, 5.74) is 5.06. The van der Waals surface area contributed by atoms with Crippen LogP contribution in [0, 0.1) is 0 Å². The van der Waals surface area contributed by atoms with Gasteiger partial charge in [-0.3, -0.25) is 14.5 Å². The Hall–Kier alpha value is -3.19. The molecule has 0 saturated heterocycles. The van der Waals surface area contributed by atoms with Crippen molar-refractivity contribution in [2.45, 2.75) is 6.54 Å². The molecule has 0 bridgehead atoms. The molecule has 0 radical (unpaired) electrons. The third-order valence-corrected chi connectivity index (χ3v) is 4.85. The number of rotatable bonds is 5.